The summed E-state index contributed by atoms with van der Waals surface area (Å²) < 4.78 is 7.29. The molecule has 0 bridgehead atoms. The summed E-state index contributed by atoms with van der Waals surface area (Å²) in [6, 6.07) is 17.2. The zero-order chi connectivity index (χ0) is 22.2. The van der Waals surface area contributed by atoms with E-state index in [4.69, 9.17) is 14.6 Å². The molecule has 1 aliphatic heterocycles. The van der Waals surface area contributed by atoms with Crippen LogP contribution in [0.2, 0.25) is 0 Å². The van der Waals surface area contributed by atoms with Crippen LogP contribution in [0.15, 0.2) is 98.1 Å². The maximum atomic E-state index is 13.4. The molecule has 6 rings (SSSR count). The number of para-hydroxylation sites is 1. The third-order valence-corrected chi connectivity index (χ3v) is 6.99. The van der Waals surface area contributed by atoms with Gasteiger partial charge in [-0.2, -0.15) is 32.9 Å². The van der Waals surface area contributed by atoms with Gasteiger partial charge in [-0.3, -0.25) is 4.79 Å². The number of rotatable bonds is 5. The first kappa shape index (κ1) is 19.9. The second-order valence-electron chi connectivity index (χ2n) is 7.63. The lowest BCUT2D eigenvalue weighted by Crippen LogP contribution is -2.26. The molecule has 6 nitrogen and oxygen atoms in total. The summed E-state index contributed by atoms with van der Waals surface area (Å²) >= 11 is 3.24. The number of furan rings is 1. The van der Waals surface area contributed by atoms with Gasteiger partial charge in [0.05, 0.1) is 29.4 Å². The first-order valence-corrected chi connectivity index (χ1v) is 12.3. The summed E-state index contributed by atoms with van der Waals surface area (Å²) in [5, 5.41) is 19.4. The van der Waals surface area contributed by atoms with Crippen molar-refractivity contribution in [3.8, 4) is 16.9 Å². The van der Waals surface area contributed by atoms with Crippen LogP contribution in [0.1, 0.15) is 34.1 Å². The molecule has 0 radical (unpaired) electrons. The van der Waals surface area contributed by atoms with Gasteiger partial charge in [-0.1, -0.05) is 18.2 Å². The predicted octanol–water partition coefficient (Wildman–Crippen LogP) is 6.25. The number of hydrogen-bond acceptors (Lipinski definition) is 6. The Bertz CT molecular complexity index is 1400. The molecule has 0 aliphatic carbocycles. The van der Waals surface area contributed by atoms with Crippen molar-refractivity contribution in [2.45, 2.75) is 12.5 Å². The molecule has 0 saturated heterocycles. The van der Waals surface area contributed by atoms with Crippen molar-refractivity contribution in [1.29, 1.82) is 0 Å². The number of thiophene rings is 2. The Hall–Kier alpha value is -3.75. The maximum absolute atomic E-state index is 13.4. The van der Waals surface area contributed by atoms with Crippen LogP contribution >= 0.6 is 22.7 Å². The highest BCUT2D eigenvalue weighted by molar-refractivity contribution is 7.08. The highest BCUT2D eigenvalue weighted by Crippen LogP contribution is 2.39. The molecule has 1 atom stereocenters. The van der Waals surface area contributed by atoms with Gasteiger partial charge in [-0.25, -0.2) is 9.69 Å². The molecule has 1 aliphatic rings. The first-order chi connectivity index (χ1) is 16.3. The highest BCUT2D eigenvalue weighted by atomic mass is 32.1. The van der Waals surface area contributed by atoms with Crippen molar-refractivity contribution >= 4 is 34.3 Å². The van der Waals surface area contributed by atoms with E-state index >= 15 is 0 Å². The number of nitrogens with zero attached hydrogens (tertiary/aromatic N) is 4. The lowest BCUT2D eigenvalue weighted by molar-refractivity contribution is 0.0679. The van der Waals surface area contributed by atoms with E-state index in [0.29, 0.717) is 6.42 Å². The number of benzene rings is 1. The second-order valence-corrected chi connectivity index (χ2v) is 9.19. The zero-order valence-corrected chi connectivity index (χ0v) is 19.0. The molecule has 162 valence electrons. The van der Waals surface area contributed by atoms with E-state index in [1.54, 1.807) is 39.8 Å². The summed E-state index contributed by atoms with van der Waals surface area (Å²) in [5.41, 5.74) is 5.70. The Labute approximate surface area is 198 Å². The summed E-state index contributed by atoms with van der Waals surface area (Å²) in [6.45, 7) is 0. The van der Waals surface area contributed by atoms with Crippen LogP contribution in [0.5, 0.6) is 0 Å². The highest BCUT2D eigenvalue weighted by Gasteiger charge is 2.37. The van der Waals surface area contributed by atoms with E-state index in [9.17, 15) is 4.79 Å². The van der Waals surface area contributed by atoms with Gasteiger partial charge in [0.15, 0.2) is 5.76 Å². The van der Waals surface area contributed by atoms with E-state index in [0.717, 1.165) is 33.8 Å². The fraction of sp³-hybridized carbons (Fsp3) is 0.0800. The number of amides is 1. The predicted molar refractivity (Wildman–Crippen MR) is 130 cm³/mol. The van der Waals surface area contributed by atoms with E-state index < -0.39 is 0 Å². The minimum Gasteiger partial charge on any atom is -0.459 e. The van der Waals surface area contributed by atoms with Crippen LogP contribution in [0.4, 0.5) is 0 Å². The van der Waals surface area contributed by atoms with Crippen molar-refractivity contribution < 1.29 is 9.21 Å². The lowest BCUT2D eigenvalue weighted by Gasteiger charge is -2.20. The van der Waals surface area contributed by atoms with Gasteiger partial charge in [0.1, 0.15) is 0 Å². The Morgan fingerprint density at radius 3 is 2.45 bits per heavy atom. The van der Waals surface area contributed by atoms with Gasteiger partial charge in [-0.05, 0) is 52.5 Å². The third kappa shape index (κ3) is 3.63. The SMILES string of the molecule is O=C(c1ccco1)N1N=C(c2ccsc2)C[C@@H]1c1cn(-c2ccccc2)nc1-c1ccsc1. The van der Waals surface area contributed by atoms with Crippen molar-refractivity contribution in [3.63, 3.8) is 0 Å². The van der Waals surface area contributed by atoms with Gasteiger partial charge in [0.25, 0.3) is 0 Å². The average molecular weight is 471 g/mol. The minimum absolute atomic E-state index is 0.265. The molecule has 33 heavy (non-hydrogen) atoms. The molecule has 5 heterocycles. The van der Waals surface area contributed by atoms with E-state index in [-0.39, 0.29) is 17.7 Å². The summed E-state index contributed by atoms with van der Waals surface area (Å²) in [6.07, 6.45) is 4.12. The monoisotopic (exact) mass is 470 g/mol. The molecule has 0 N–H and O–H groups in total. The maximum Gasteiger partial charge on any atom is 0.310 e. The van der Waals surface area contributed by atoms with E-state index in [2.05, 4.69) is 16.8 Å². The van der Waals surface area contributed by atoms with Gasteiger partial charge >= 0.3 is 5.91 Å². The molecule has 4 aromatic heterocycles. The van der Waals surface area contributed by atoms with Gasteiger partial charge < -0.3 is 4.42 Å². The van der Waals surface area contributed by atoms with Crippen LogP contribution in [-0.2, 0) is 0 Å². The molecule has 0 saturated carbocycles. The summed E-state index contributed by atoms with van der Waals surface area (Å²) in [5.74, 6) is 0.00168. The largest absolute Gasteiger partial charge is 0.459 e. The molecule has 1 amide bonds. The quantitative estimate of drug-likeness (QED) is 0.305. The number of carbonyl (C=O) groups excluding carboxylic acids is 1. The Morgan fingerprint density at radius 2 is 1.76 bits per heavy atom. The van der Waals surface area contributed by atoms with Crippen LogP contribution in [0.3, 0.4) is 0 Å². The second kappa shape index (κ2) is 8.31. The zero-order valence-electron chi connectivity index (χ0n) is 17.4. The van der Waals surface area contributed by atoms with Gasteiger partial charge in [-0.15, -0.1) is 0 Å². The topological polar surface area (TPSA) is 63.6 Å². The Balaban J connectivity index is 1.48. The lowest BCUT2D eigenvalue weighted by atomic mass is 9.98. The van der Waals surface area contributed by atoms with Crippen LogP contribution in [0.25, 0.3) is 16.9 Å². The minimum atomic E-state index is -0.301. The molecule has 5 aromatic rings. The number of hydrogen-bond donors (Lipinski definition) is 0. The molecular weight excluding hydrogens is 452 g/mol. The van der Waals surface area contributed by atoms with Crippen molar-refractivity contribution in [1.82, 2.24) is 14.8 Å². The average Bonchev–Trinajstić information content (AvgIpc) is 3.69. The molecular formula is C25H18N4O2S2. The van der Waals surface area contributed by atoms with E-state index in [1.165, 1.54) is 6.26 Å². The van der Waals surface area contributed by atoms with Crippen molar-refractivity contribution in [2.75, 3.05) is 0 Å². The van der Waals surface area contributed by atoms with Crippen molar-refractivity contribution in [2.24, 2.45) is 5.10 Å². The molecule has 0 fully saturated rings. The standard InChI is InChI=1S/C25H18N4O2S2/c30-25(23-7-4-10-31-23)29-22(13-21(26-29)17-8-11-32-15-17)20-14-28(19-5-2-1-3-6-19)27-24(20)18-9-12-33-16-18/h1-12,14-16,22H,13H2/t22-/m1/s1. The van der Waals surface area contributed by atoms with Crippen LogP contribution in [0, 0.1) is 0 Å². The fourth-order valence-electron chi connectivity index (χ4n) is 4.02. The fourth-order valence-corrected chi connectivity index (χ4v) is 5.33. The summed E-state index contributed by atoms with van der Waals surface area (Å²) in [7, 11) is 0. The summed E-state index contributed by atoms with van der Waals surface area (Å²) in [4.78, 5) is 13.4. The molecule has 1 aromatic carbocycles. The molecule has 0 spiro atoms. The van der Waals surface area contributed by atoms with Gasteiger partial charge in [0.2, 0.25) is 0 Å². The van der Waals surface area contributed by atoms with Crippen molar-refractivity contribution in [3.05, 3.63) is 105 Å². The first-order valence-electron chi connectivity index (χ1n) is 10.4. The third-order valence-electron chi connectivity index (χ3n) is 5.62. The normalized spacial score (nSPS) is 15.7. The van der Waals surface area contributed by atoms with E-state index in [1.807, 2.05) is 58.0 Å². The number of aromatic nitrogens is 2. The Kier molecular flexibility index (Phi) is 5.01. The molecule has 8 heteroatoms. The Morgan fingerprint density at radius 1 is 0.970 bits per heavy atom. The molecule has 0 unspecified atom stereocenters. The van der Waals surface area contributed by atoms with Crippen LogP contribution in [-0.4, -0.2) is 26.4 Å². The number of hydrazone groups is 1. The smallest absolute Gasteiger partial charge is 0.310 e. The van der Waals surface area contributed by atoms with Gasteiger partial charge in [0, 0.05) is 34.7 Å². The number of carbonyl (C=O) groups is 1. The van der Waals surface area contributed by atoms with Crippen LogP contribution < -0.4 is 0 Å².